The number of H-pyrrole nitrogens is 1. The molecule has 2 heterocycles. The molecular formula is C30H28N4O3. The van der Waals surface area contributed by atoms with Crippen LogP contribution in [0.4, 0.5) is 5.82 Å². The lowest BCUT2D eigenvalue weighted by Gasteiger charge is -2.20. The number of aromatic amines is 1. The molecule has 3 N–H and O–H groups in total. The van der Waals surface area contributed by atoms with E-state index in [9.17, 15) is 14.7 Å². The van der Waals surface area contributed by atoms with E-state index < -0.39 is 11.4 Å². The van der Waals surface area contributed by atoms with Gasteiger partial charge in [-0.25, -0.2) is 9.97 Å². The molecule has 7 nitrogen and oxygen atoms in total. The number of hydrogen-bond acceptors (Lipinski definition) is 4. The van der Waals surface area contributed by atoms with E-state index in [1.54, 1.807) is 32.0 Å². The maximum atomic E-state index is 13.0. The average Bonchev–Trinajstić information content (AvgIpc) is 3.25. The molecule has 5 rings (SSSR count). The first-order valence-electron chi connectivity index (χ1n) is 12.1. The highest BCUT2D eigenvalue weighted by Crippen LogP contribution is 2.31. The Balaban J connectivity index is 1.41. The van der Waals surface area contributed by atoms with Gasteiger partial charge in [-0.05, 0) is 87.2 Å². The monoisotopic (exact) mass is 492 g/mol. The SMILES string of the molecule is Cc1cc(CC(C)(C)C(=O)O)cc(C)c1-c1nc2ccc(C(=O)Nc3ccc4ccccc4n3)cc2[nH]1. The van der Waals surface area contributed by atoms with Gasteiger partial charge in [-0.15, -0.1) is 0 Å². The Morgan fingerprint density at radius 1 is 0.919 bits per heavy atom. The van der Waals surface area contributed by atoms with Crippen molar-refractivity contribution in [3.8, 4) is 11.4 Å². The van der Waals surface area contributed by atoms with Crippen LogP contribution in [0.1, 0.15) is 40.9 Å². The summed E-state index contributed by atoms with van der Waals surface area (Å²) in [4.78, 5) is 37.2. The largest absolute Gasteiger partial charge is 0.481 e. The fourth-order valence-electron chi connectivity index (χ4n) is 4.71. The number of rotatable bonds is 6. The first-order valence-corrected chi connectivity index (χ1v) is 12.1. The standard InChI is InChI=1S/C30H28N4O3/c1-17-13-19(16-30(3,4)29(36)37)14-18(2)26(17)27-32-23-11-9-21(15-24(23)33-27)28(35)34-25-12-10-20-7-5-6-8-22(20)31-25/h5-15H,16H2,1-4H3,(H,32,33)(H,36,37)(H,31,34,35). The number of fused-ring (bicyclic) bond motifs is 2. The van der Waals surface area contributed by atoms with Gasteiger partial charge in [-0.2, -0.15) is 0 Å². The van der Waals surface area contributed by atoms with Crippen LogP contribution in [0.3, 0.4) is 0 Å². The van der Waals surface area contributed by atoms with E-state index in [1.807, 2.05) is 62.4 Å². The van der Waals surface area contributed by atoms with Crippen LogP contribution < -0.4 is 5.32 Å². The van der Waals surface area contributed by atoms with Crippen molar-refractivity contribution in [2.45, 2.75) is 34.1 Å². The van der Waals surface area contributed by atoms with Crippen LogP contribution in [-0.4, -0.2) is 31.9 Å². The number of nitrogens with one attached hydrogen (secondary N) is 2. The number of hydrogen-bond donors (Lipinski definition) is 3. The third-order valence-corrected chi connectivity index (χ3v) is 6.64. The number of aryl methyl sites for hydroxylation is 2. The number of imidazole rings is 1. The normalized spacial score (nSPS) is 11.7. The molecule has 2 aromatic heterocycles. The fourth-order valence-corrected chi connectivity index (χ4v) is 4.71. The molecule has 0 aliphatic heterocycles. The van der Waals surface area contributed by atoms with Gasteiger partial charge in [0.25, 0.3) is 5.91 Å². The number of para-hydroxylation sites is 1. The van der Waals surface area contributed by atoms with E-state index in [0.717, 1.165) is 44.2 Å². The zero-order valence-corrected chi connectivity index (χ0v) is 21.2. The van der Waals surface area contributed by atoms with Gasteiger partial charge in [0.1, 0.15) is 11.6 Å². The van der Waals surface area contributed by atoms with Crippen LogP contribution in [0.25, 0.3) is 33.3 Å². The van der Waals surface area contributed by atoms with Crippen LogP contribution in [0.5, 0.6) is 0 Å². The summed E-state index contributed by atoms with van der Waals surface area (Å²) in [5.74, 6) is 0.133. The number of carboxylic acids is 1. The Kier molecular flexibility index (Phi) is 5.99. The third kappa shape index (κ3) is 4.80. The second-order valence-electron chi connectivity index (χ2n) is 10.1. The van der Waals surface area contributed by atoms with E-state index in [4.69, 9.17) is 4.98 Å². The van der Waals surface area contributed by atoms with Crippen molar-refractivity contribution in [2.75, 3.05) is 5.32 Å². The molecule has 0 bridgehead atoms. The van der Waals surface area contributed by atoms with Crippen LogP contribution in [0.2, 0.25) is 0 Å². The van der Waals surface area contributed by atoms with Gasteiger partial charge < -0.3 is 15.4 Å². The topological polar surface area (TPSA) is 108 Å². The molecule has 7 heteroatoms. The van der Waals surface area contributed by atoms with E-state index in [2.05, 4.69) is 15.3 Å². The van der Waals surface area contributed by atoms with Crippen LogP contribution in [0.15, 0.2) is 66.7 Å². The molecule has 0 aliphatic rings. The Morgan fingerprint density at radius 2 is 1.65 bits per heavy atom. The van der Waals surface area contributed by atoms with Crippen molar-refractivity contribution < 1.29 is 14.7 Å². The molecule has 0 unspecified atom stereocenters. The molecule has 37 heavy (non-hydrogen) atoms. The van der Waals surface area contributed by atoms with Crippen LogP contribution in [0, 0.1) is 19.3 Å². The molecule has 3 aromatic carbocycles. The lowest BCUT2D eigenvalue weighted by molar-refractivity contribution is -0.146. The zero-order valence-electron chi connectivity index (χ0n) is 21.2. The first-order chi connectivity index (χ1) is 17.6. The summed E-state index contributed by atoms with van der Waals surface area (Å²) in [5.41, 5.74) is 5.94. The smallest absolute Gasteiger partial charge is 0.309 e. The molecule has 0 saturated heterocycles. The van der Waals surface area contributed by atoms with E-state index in [0.29, 0.717) is 23.6 Å². The van der Waals surface area contributed by atoms with E-state index in [-0.39, 0.29) is 5.91 Å². The molecule has 5 aromatic rings. The Hall–Kier alpha value is -4.52. The highest BCUT2D eigenvalue weighted by molar-refractivity contribution is 6.06. The van der Waals surface area contributed by atoms with E-state index in [1.165, 1.54) is 0 Å². The van der Waals surface area contributed by atoms with Crippen molar-refractivity contribution in [1.29, 1.82) is 0 Å². The summed E-state index contributed by atoms with van der Waals surface area (Å²) in [7, 11) is 0. The summed E-state index contributed by atoms with van der Waals surface area (Å²) in [6.07, 6.45) is 0.439. The lowest BCUT2D eigenvalue weighted by atomic mass is 9.84. The molecule has 0 atom stereocenters. The zero-order chi connectivity index (χ0) is 26.3. The molecule has 0 aliphatic carbocycles. The van der Waals surface area contributed by atoms with Crippen molar-refractivity contribution in [1.82, 2.24) is 15.0 Å². The minimum Gasteiger partial charge on any atom is -0.481 e. The number of carbonyl (C=O) groups excluding carboxylic acids is 1. The number of carboxylic acid groups (broad SMARTS) is 1. The Bertz CT molecular complexity index is 1660. The molecule has 0 fully saturated rings. The Morgan fingerprint density at radius 3 is 2.38 bits per heavy atom. The molecule has 0 radical (unpaired) electrons. The highest BCUT2D eigenvalue weighted by atomic mass is 16.4. The summed E-state index contributed by atoms with van der Waals surface area (Å²) in [5, 5.41) is 13.4. The number of carbonyl (C=O) groups is 2. The minimum absolute atomic E-state index is 0.251. The van der Waals surface area contributed by atoms with E-state index >= 15 is 0 Å². The summed E-state index contributed by atoms with van der Waals surface area (Å²) >= 11 is 0. The van der Waals surface area contributed by atoms with Gasteiger partial charge in [-0.1, -0.05) is 30.3 Å². The van der Waals surface area contributed by atoms with Gasteiger partial charge in [0.15, 0.2) is 0 Å². The number of pyridine rings is 1. The van der Waals surface area contributed by atoms with Gasteiger partial charge in [0, 0.05) is 16.5 Å². The number of anilines is 1. The van der Waals surface area contributed by atoms with Gasteiger partial charge in [-0.3, -0.25) is 9.59 Å². The lowest BCUT2D eigenvalue weighted by Crippen LogP contribution is -2.26. The van der Waals surface area contributed by atoms with Crippen LogP contribution >= 0.6 is 0 Å². The fraction of sp³-hybridized carbons (Fsp3) is 0.200. The van der Waals surface area contributed by atoms with Crippen LogP contribution in [-0.2, 0) is 11.2 Å². The predicted molar refractivity (Wildman–Crippen MR) is 146 cm³/mol. The number of aliphatic carboxylic acids is 1. The second-order valence-corrected chi connectivity index (χ2v) is 10.1. The molecule has 0 saturated carbocycles. The summed E-state index contributed by atoms with van der Waals surface area (Å²) in [6.45, 7) is 7.47. The molecule has 1 amide bonds. The number of aromatic nitrogens is 3. The summed E-state index contributed by atoms with van der Waals surface area (Å²) in [6, 6.07) is 20.9. The van der Waals surface area contributed by atoms with Crippen molar-refractivity contribution in [2.24, 2.45) is 5.41 Å². The number of benzene rings is 3. The second kappa shape index (κ2) is 9.17. The van der Waals surface area contributed by atoms with Crippen molar-refractivity contribution in [3.05, 3.63) is 89.0 Å². The average molecular weight is 493 g/mol. The van der Waals surface area contributed by atoms with Crippen molar-refractivity contribution >= 4 is 39.6 Å². The molecule has 0 spiro atoms. The predicted octanol–water partition coefficient (Wildman–Crippen LogP) is 6.30. The minimum atomic E-state index is -0.848. The first kappa shape index (κ1) is 24.2. The van der Waals surface area contributed by atoms with Gasteiger partial charge in [0.05, 0.1) is 22.0 Å². The van der Waals surface area contributed by atoms with Crippen molar-refractivity contribution in [3.63, 3.8) is 0 Å². The van der Waals surface area contributed by atoms with Gasteiger partial charge >= 0.3 is 5.97 Å². The Labute approximate surface area is 214 Å². The maximum absolute atomic E-state index is 13.0. The quantitative estimate of drug-likeness (QED) is 0.258. The molecule has 186 valence electrons. The highest BCUT2D eigenvalue weighted by Gasteiger charge is 2.28. The number of nitrogens with zero attached hydrogens (tertiary/aromatic N) is 2. The summed E-state index contributed by atoms with van der Waals surface area (Å²) < 4.78 is 0. The number of amides is 1. The van der Waals surface area contributed by atoms with Gasteiger partial charge in [0.2, 0.25) is 0 Å². The molecular weight excluding hydrogens is 464 g/mol. The third-order valence-electron chi connectivity index (χ3n) is 6.64. The maximum Gasteiger partial charge on any atom is 0.309 e.